The van der Waals surface area contributed by atoms with Crippen LogP contribution >= 0.6 is 0 Å². The Morgan fingerprint density at radius 1 is 1.00 bits per heavy atom. The van der Waals surface area contributed by atoms with E-state index in [0.717, 1.165) is 16.9 Å². The van der Waals surface area contributed by atoms with Crippen molar-refractivity contribution in [3.05, 3.63) is 71.9 Å². The van der Waals surface area contributed by atoms with Gasteiger partial charge in [0.25, 0.3) is 0 Å². The molecule has 0 aliphatic carbocycles. The smallest absolute Gasteiger partial charge is 0.325 e. The van der Waals surface area contributed by atoms with Gasteiger partial charge in [0.1, 0.15) is 5.75 Å². The third-order valence-electron chi connectivity index (χ3n) is 3.31. The Morgan fingerprint density at radius 2 is 1.76 bits per heavy atom. The van der Waals surface area contributed by atoms with Crippen molar-refractivity contribution in [1.29, 1.82) is 0 Å². The average Bonchev–Trinajstić information content (AvgIpc) is 2.63. The Labute approximate surface area is 146 Å². The highest BCUT2D eigenvalue weighted by Gasteiger charge is 2.07. The summed E-state index contributed by atoms with van der Waals surface area (Å²) in [5, 5.41) is 4.24. The van der Waals surface area contributed by atoms with Crippen LogP contribution in [0.25, 0.3) is 0 Å². The molecule has 0 aliphatic heterocycles. The first-order chi connectivity index (χ1) is 12.2. The molecule has 0 amide bonds. The Kier molecular flexibility index (Phi) is 5.21. The largest absolute Gasteiger partial charge is 0.481 e. The van der Waals surface area contributed by atoms with Crippen LogP contribution in [-0.4, -0.2) is 23.3 Å². The fraction of sp³-hybridized carbons (Fsp3) is 0.105. The number of para-hydroxylation sites is 2. The second-order valence-electron chi connectivity index (χ2n) is 5.21. The Balaban J connectivity index is 1.78. The SMILES string of the molecule is COc1cc(C)nc(Oc2ccccc2C=NNc2ccccc2)n1. The summed E-state index contributed by atoms with van der Waals surface area (Å²) in [5.74, 6) is 1.06. The number of rotatable bonds is 6. The van der Waals surface area contributed by atoms with Crippen LogP contribution in [0, 0.1) is 6.92 Å². The monoisotopic (exact) mass is 334 g/mol. The van der Waals surface area contributed by atoms with Gasteiger partial charge < -0.3 is 9.47 Å². The fourth-order valence-electron chi connectivity index (χ4n) is 2.13. The predicted molar refractivity (Wildman–Crippen MR) is 97.5 cm³/mol. The topological polar surface area (TPSA) is 68.6 Å². The van der Waals surface area contributed by atoms with Crippen LogP contribution in [-0.2, 0) is 0 Å². The minimum Gasteiger partial charge on any atom is -0.481 e. The first-order valence-corrected chi connectivity index (χ1v) is 7.75. The summed E-state index contributed by atoms with van der Waals surface area (Å²) in [7, 11) is 1.56. The number of aromatic nitrogens is 2. The maximum Gasteiger partial charge on any atom is 0.325 e. The maximum atomic E-state index is 5.81. The van der Waals surface area contributed by atoms with E-state index in [4.69, 9.17) is 9.47 Å². The summed E-state index contributed by atoms with van der Waals surface area (Å²) in [5.41, 5.74) is 5.44. The van der Waals surface area contributed by atoms with Crippen LogP contribution in [0.2, 0.25) is 0 Å². The molecule has 0 spiro atoms. The second-order valence-corrected chi connectivity index (χ2v) is 5.21. The molecular formula is C19H18N4O2. The zero-order valence-corrected chi connectivity index (χ0v) is 14.0. The summed E-state index contributed by atoms with van der Waals surface area (Å²) >= 11 is 0. The molecular weight excluding hydrogens is 316 g/mol. The number of nitrogens with one attached hydrogen (secondary N) is 1. The molecule has 0 aliphatic rings. The van der Waals surface area contributed by atoms with E-state index >= 15 is 0 Å². The fourth-order valence-corrected chi connectivity index (χ4v) is 2.13. The molecule has 3 rings (SSSR count). The van der Waals surface area contributed by atoms with Crippen LogP contribution in [0.15, 0.2) is 65.8 Å². The van der Waals surface area contributed by atoms with E-state index in [1.165, 1.54) is 0 Å². The van der Waals surface area contributed by atoms with Crippen molar-refractivity contribution in [2.75, 3.05) is 12.5 Å². The van der Waals surface area contributed by atoms with E-state index in [2.05, 4.69) is 20.5 Å². The summed E-state index contributed by atoms with van der Waals surface area (Å²) in [4.78, 5) is 8.47. The highest BCUT2D eigenvalue weighted by atomic mass is 16.5. The number of benzene rings is 2. The van der Waals surface area contributed by atoms with Crippen LogP contribution in [0.5, 0.6) is 17.6 Å². The normalized spacial score (nSPS) is 10.6. The van der Waals surface area contributed by atoms with E-state index in [9.17, 15) is 0 Å². The summed E-state index contributed by atoms with van der Waals surface area (Å²) in [6.07, 6.45) is 1.69. The van der Waals surface area contributed by atoms with Gasteiger partial charge in [0.05, 0.1) is 19.0 Å². The van der Waals surface area contributed by atoms with Gasteiger partial charge in [-0.2, -0.15) is 15.1 Å². The number of nitrogens with zero attached hydrogens (tertiary/aromatic N) is 3. The summed E-state index contributed by atoms with van der Waals surface area (Å²) < 4.78 is 11.0. The first-order valence-electron chi connectivity index (χ1n) is 7.75. The highest BCUT2D eigenvalue weighted by molar-refractivity contribution is 5.84. The summed E-state index contributed by atoms with van der Waals surface area (Å²) in [6.45, 7) is 1.86. The van der Waals surface area contributed by atoms with Crippen LogP contribution in [0.3, 0.4) is 0 Å². The molecule has 3 aromatic rings. The van der Waals surface area contributed by atoms with Crippen LogP contribution in [0.4, 0.5) is 5.69 Å². The van der Waals surface area contributed by atoms with Crippen molar-refractivity contribution >= 4 is 11.9 Å². The van der Waals surface area contributed by atoms with Gasteiger partial charge in [0.2, 0.25) is 5.88 Å². The molecule has 0 saturated carbocycles. The number of anilines is 1. The van der Waals surface area contributed by atoms with Gasteiger partial charge in [0, 0.05) is 17.3 Å². The predicted octanol–water partition coefficient (Wildman–Crippen LogP) is 4.03. The zero-order chi connectivity index (χ0) is 17.5. The zero-order valence-electron chi connectivity index (χ0n) is 14.0. The van der Waals surface area contributed by atoms with Crippen LogP contribution in [0.1, 0.15) is 11.3 Å². The molecule has 0 atom stereocenters. The lowest BCUT2D eigenvalue weighted by Gasteiger charge is -2.08. The first kappa shape index (κ1) is 16.4. The third kappa shape index (κ3) is 4.54. The average molecular weight is 334 g/mol. The van der Waals surface area contributed by atoms with E-state index in [1.54, 1.807) is 19.4 Å². The number of methoxy groups -OCH3 is 1. The van der Waals surface area contributed by atoms with Crippen molar-refractivity contribution in [3.63, 3.8) is 0 Å². The molecule has 0 bridgehead atoms. The number of hydrogen-bond donors (Lipinski definition) is 1. The van der Waals surface area contributed by atoms with Crippen molar-refractivity contribution in [2.24, 2.45) is 5.10 Å². The second kappa shape index (κ2) is 7.92. The van der Waals surface area contributed by atoms with E-state index in [0.29, 0.717) is 11.6 Å². The minimum absolute atomic E-state index is 0.230. The third-order valence-corrected chi connectivity index (χ3v) is 3.31. The van der Waals surface area contributed by atoms with Gasteiger partial charge in [-0.15, -0.1) is 0 Å². The molecule has 1 aromatic heterocycles. The van der Waals surface area contributed by atoms with Gasteiger partial charge >= 0.3 is 6.01 Å². The molecule has 6 nitrogen and oxygen atoms in total. The lowest BCUT2D eigenvalue weighted by Crippen LogP contribution is -1.99. The van der Waals surface area contributed by atoms with Gasteiger partial charge in [-0.1, -0.05) is 30.3 Å². The molecule has 0 radical (unpaired) electrons. The number of aryl methyl sites for hydroxylation is 1. The molecule has 0 fully saturated rings. The Hall–Kier alpha value is -3.41. The number of hydrogen-bond acceptors (Lipinski definition) is 6. The standard InChI is InChI=1S/C19H18N4O2/c1-14-12-18(24-2)22-19(21-14)25-17-11-7-6-8-15(17)13-20-23-16-9-4-3-5-10-16/h3-13,23H,1-2H3. The molecule has 1 N–H and O–H groups in total. The number of hydrazone groups is 1. The van der Waals surface area contributed by atoms with Gasteiger partial charge in [-0.05, 0) is 31.2 Å². The maximum absolute atomic E-state index is 5.81. The molecule has 0 saturated heterocycles. The van der Waals surface area contributed by atoms with Gasteiger partial charge in [-0.3, -0.25) is 5.43 Å². The van der Waals surface area contributed by atoms with E-state index < -0.39 is 0 Å². The van der Waals surface area contributed by atoms with Crippen LogP contribution < -0.4 is 14.9 Å². The van der Waals surface area contributed by atoms with E-state index in [-0.39, 0.29) is 6.01 Å². The Bertz CT molecular complexity index is 866. The highest BCUT2D eigenvalue weighted by Crippen LogP contribution is 2.23. The van der Waals surface area contributed by atoms with Crippen molar-refractivity contribution < 1.29 is 9.47 Å². The van der Waals surface area contributed by atoms with Gasteiger partial charge in [-0.25, -0.2) is 0 Å². The molecule has 126 valence electrons. The van der Waals surface area contributed by atoms with Crippen molar-refractivity contribution in [1.82, 2.24) is 9.97 Å². The lowest BCUT2D eigenvalue weighted by atomic mass is 10.2. The molecule has 2 aromatic carbocycles. The molecule has 6 heteroatoms. The quantitative estimate of drug-likeness (QED) is 0.544. The number of ether oxygens (including phenoxy) is 2. The minimum atomic E-state index is 0.230. The lowest BCUT2D eigenvalue weighted by molar-refractivity contribution is 0.375. The Morgan fingerprint density at radius 3 is 2.56 bits per heavy atom. The van der Waals surface area contributed by atoms with Crippen molar-refractivity contribution in [2.45, 2.75) is 6.92 Å². The molecule has 25 heavy (non-hydrogen) atoms. The molecule has 1 heterocycles. The molecule has 0 unspecified atom stereocenters. The summed E-state index contributed by atoms with van der Waals surface area (Å²) in [6, 6.07) is 19.2. The van der Waals surface area contributed by atoms with Gasteiger partial charge in [0.15, 0.2) is 0 Å². The van der Waals surface area contributed by atoms with Crippen molar-refractivity contribution in [3.8, 4) is 17.6 Å². The van der Waals surface area contributed by atoms with E-state index in [1.807, 2.05) is 61.5 Å².